The van der Waals surface area contributed by atoms with Crippen molar-refractivity contribution in [1.29, 1.82) is 0 Å². The van der Waals surface area contributed by atoms with Crippen molar-refractivity contribution in [1.82, 2.24) is 0 Å². The number of hydrogen-bond acceptors (Lipinski definition) is 5. The number of hydrogen-bond donors (Lipinski definition) is 0. The maximum absolute atomic E-state index is 11.9. The minimum atomic E-state index is -0.645. The average Bonchev–Trinajstić information content (AvgIpc) is 2.96. The zero-order valence-corrected chi connectivity index (χ0v) is 14.6. The van der Waals surface area contributed by atoms with E-state index in [1.54, 1.807) is 30.3 Å². The van der Waals surface area contributed by atoms with Gasteiger partial charge in [0, 0.05) is 18.2 Å². The number of carbonyl (C=O) groups excluding carboxylic acids is 1. The Hall–Kier alpha value is -2.96. The third-order valence-corrected chi connectivity index (χ3v) is 4.24. The third-order valence-electron chi connectivity index (χ3n) is 3.41. The summed E-state index contributed by atoms with van der Waals surface area (Å²) in [5, 5.41) is 11.6. The fraction of sp³-hybridized carbons (Fsp3) is 0. The average molecular weight is 389 g/mol. The zero-order chi connectivity index (χ0) is 18.7. The summed E-state index contributed by atoms with van der Waals surface area (Å²) in [6.07, 6.45) is 4.53. The summed E-state index contributed by atoms with van der Waals surface area (Å²) in [6.45, 7) is 0. The number of halogens is 2. The van der Waals surface area contributed by atoms with Crippen LogP contribution in [0.4, 0.5) is 5.69 Å². The van der Waals surface area contributed by atoms with Gasteiger partial charge in [-0.05, 0) is 29.3 Å². The van der Waals surface area contributed by atoms with Gasteiger partial charge in [0.2, 0.25) is 5.90 Å². The quantitative estimate of drug-likeness (QED) is 0.322. The molecule has 0 aliphatic carbocycles. The molecule has 0 fully saturated rings. The summed E-state index contributed by atoms with van der Waals surface area (Å²) in [4.78, 5) is 26.3. The Morgan fingerprint density at radius 3 is 2.65 bits per heavy atom. The molecule has 0 atom stereocenters. The number of esters is 1. The Labute approximate surface area is 158 Å². The lowest BCUT2D eigenvalue weighted by molar-refractivity contribution is -0.384. The van der Waals surface area contributed by atoms with E-state index < -0.39 is 10.9 Å². The predicted octanol–water partition coefficient (Wildman–Crippen LogP) is 4.91. The van der Waals surface area contributed by atoms with Gasteiger partial charge in [0.05, 0.1) is 15.0 Å². The molecule has 8 heteroatoms. The van der Waals surface area contributed by atoms with Gasteiger partial charge in [-0.15, -0.1) is 0 Å². The molecule has 2 aromatic rings. The number of benzene rings is 2. The summed E-state index contributed by atoms with van der Waals surface area (Å²) in [6, 6.07) is 11.0. The Morgan fingerprint density at radius 2 is 1.88 bits per heavy atom. The van der Waals surface area contributed by atoms with Crippen LogP contribution in [0.5, 0.6) is 0 Å². The topological polar surface area (TPSA) is 81.8 Å². The van der Waals surface area contributed by atoms with Crippen LogP contribution in [0.25, 0.3) is 12.2 Å². The van der Waals surface area contributed by atoms with Crippen molar-refractivity contribution in [2.45, 2.75) is 0 Å². The van der Waals surface area contributed by atoms with Crippen LogP contribution in [0.15, 0.2) is 59.2 Å². The molecule has 0 unspecified atom stereocenters. The zero-order valence-electron chi connectivity index (χ0n) is 13.1. The minimum Gasteiger partial charge on any atom is -0.403 e. The highest BCUT2D eigenvalue weighted by atomic mass is 35.5. The van der Waals surface area contributed by atoms with Crippen LogP contribution in [0.1, 0.15) is 11.1 Å². The number of carbonyl (C=O) groups is 1. The van der Waals surface area contributed by atoms with Crippen LogP contribution in [-0.4, -0.2) is 16.8 Å². The molecule has 0 amide bonds. The Bertz CT molecular complexity index is 996. The lowest BCUT2D eigenvalue weighted by Gasteiger charge is -1.99. The number of ether oxygens (including phenoxy) is 1. The molecule has 130 valence electrons. The van der Waals surface area contributed by atoms with Crippen LogP contribution in [0.3, 0.4) is 0 Å². The van der Waals surface area contributed by atoms with Crippen molar-refractivity contribution in [3.8, 4) is 0 Å². The number of nitrogens with zero attached hydrogens (tertiary/aromatic N) is 2. The van der Waals surface area contributed by atoms with Gasteiger partial charge >= 0.3 is 5.97 Å². The first-order chi connectivity index (χ1) is 12.4. The van der Waals surface area contributed by atoms with E-state index in [4.69, 9.17) is 27.9 Å². The maximum atomic E-state index is 11.9. The highest BCUT2D eigenvalue weighted by Gasteiger charge is 2.21. The largest absolute Gasteiger partial charge is 0.403 e. The van der Waals surface area contributed by atoms with Crippen LogP contribution in [0, 0.1) is 10.1 Å². The Balaban J connectivity index is 1.85. The highest BCUT2D eigenvalue weighted by Crippen LogP contribution is 2.27. The van der Waals surface area contributed by atoms with E-state index >= 15 is 0 Å². The van der Waals surface area contributed by atoms with Crippen LogP contribution in [0.2, 0.25) is 10.0 Å². The SMILES string of the molecule is O=C1OC(/C=C/c2cccc(Cl)c2Cl)=NC/1=C\c1cccc([N+](=O)[O-])c1. The Kier molecular flexibility index (Phi) is 5.16. The smallest absolute Gasteiger partial charge is 0.363 e. The maximum Gasteiger partial charge on any atom is 0.363 e. The lowest BCUT2D eigenvalue weighted by Crippen LogP contribution is -2.01. The molecule has 26 heavy (non-hydrogen) atoms. The minimum absolute atomic E-state index is 0.0438. The molecular formula is C18H10Cl2N2O4. The van der Waals surface area contributed by atoms with E-state index in [0.717, 1.165) is 0 Å². The molecule has 0 saturated carbocycles. The second kappa shape index (κ2) is 7.51. The highest BCUT2D eigenvalue weighted by molar-refractivity contribution is 6.42. The Morgan fingerprint density at radius 1 is 1.12 bits per heavy atom. The second-order valence-corrected chi connectivity index (χ2v) is 5.98. The molecule has 0 N–H and O–H groups in total. The molecule has 0 aromatic heterocycles. The van der Waals surface area contributed by atoms with Crippen molar-refractivity contribution in [3.05, 3.63) is 85.5 Å². The standard InChI is InChI=1S/C18H10Cl2N2O4/c19-14-6-2-4-12(17(14)20)7-8-16-21-15(18(23)26-16)10-11-3-1-5-13(9-11)22(24)25/h1-10H/b8-7+,15-10-. The van der Waals surface area contributed by atoms with Gasteiger partial charge in [-0.2, -0.15) is 0 Å². The molecule has 0 spiro atoms. The van der Waals surface area contributed by atoms with E-state index in [9.17, 15) is 14.9 Å². The molecule has 0 bridgehead atoms. The molecule has 1 aliphatic heterocycles. The van der Waals surface area contributed by atoms with Gasteiger partial charge < -0.3 is 4.74 Å². The fourth-order valence-corrected chi connectivity index (χ4v) is 2.56. The van der Waals surface area contributed by atoms with E-state index in [1.807, 2.05) is 0 Å². The summed E-state index contributed by atoms with van der Waals surface area (Å²) in [7, 11) is 0. The van der Waals surface area contributed by atoms with Crippen LogP contribution >= 0.6 is 23.2 Å². The molecule has 1 aliphatic rings. The third kappa shape index (κ3) is 3.99. The first kappa shape index (κ1) is 17.8. The molecule has 2 aromatic carbocycles. The summed E-state index contributed by atoms with van der Waals surface area (Å²) >= 11 is 12.0. The molecule has 1 heterocycles. The number of nitro groups is 1. The van der Waals surface area contributed by atoms with E-state index in [1.165, 1.54) is 30.4 Å². The first-order valence-electron chi connectivity index (χ1n) is 7.33. The second-order valence-electron chi connectivity index (χ2n) is 5.20. The van der Waals surface area contributed by atoms with Gasteiger partial charge in [0.1, 0.15) is 0 Å². The van der Waals surface area contributed by atoms with Gasteiger partial charge in [-0.25, -0.2) is 9.79 Å². The van der Waals surface area contributed by atoms with E-state index in [2.05, 4.69) is 4.99 Å². The molecule has 0 saturated heterocycles. The van der Waals surface area contributed by atoms with Crippen molar-refractivity contribution < 1.29 is 14.5 Å². The van der Waals surface area contributed by atoms with Crippen molar-refractivity contribution in [3.63, 3.8) is 0 Å². The fourth-order valence-electron chi connectivity index (χ4n) is 2.19. The number of non-ortho nitro benzene ring substituents is 1. The van der Waals surface area contributed by atoms with Crippen LogP contribution < -0.4 is 0 Å². The molecule has 3 rings (SSSR count). The number of aliphatic imine (C=N–C) groups is 1. The first-order valence-corrected chi connectivity index (χ1v) is 8.09. The predicted molar refractivity (Wildman–Crippen MR) is 100 cm³/mol. The molecule has 6 nitrogen and oxygen atoms in total. The summed E-state index contributed by atoms with van der Waals surface area (Å²) < 4.78 is 5.06. The lowest BCUT2D eigenvalue weighted by atomic mass is 10.2. The molecule has 0 radical (unpaired) electrons. The van der Waals surface area contributed by atoms with Crippen molar-refractivity contribution in [2.75, 3.05) is 0 Å². The van der Waals surface area contributed by atoms with Gasteiger partial charge in [0.25, 0.3) is 5.69 Å². The molecular weight excluding hydrogens is 379 g/mol. The van der Waals surface area contributed by atoms with Crippen molar-refractivity contribution >= 4 is 52.9 Å². The monoisotopic (exact) mass is 388 g/mol. The summed E-state index contributed by atoms with van der Waals surface area (Å²) in [5.41, 5.74) is 1.08. The number of rotatable bonds is 4. The van der Waals surface area contributed by atoms with Gasteiger partial charge in [-0.1, -0.05) is 47.5 Å². The van der Waals surface area contributed by atoms with Crippen LogP contribution in [-0.2, 0) is 9.53 Å². The van der Waals surface area contributed by atoms with E-state index in [0.29, 0.717) is 21.2 Å². The normalized spacial score (nSPS) is 15.4. The van der Waals surface area contributed by atoms with E-state index in [-0.39, 0.29) is 17.3 Å². The summed E-state index contributed by atoms with van der Waals surface area (Å²) in [5.74, 6) is -0.559. The number of nitro benzene ring substituents is 1. The van der Waals surface area contributed by atoms with Gasteiger partial charge in [-0.3, -0.25) is 10.1 Å². The van der Waals surface area contributed by atoms with Crippen molar-refractivity contribution in [2.24, 2.45) is 4.99 Å². The number of cyclic esters (lactones) is 1. The van der Waals surface area contributed by atoms with Gasteiger partial charge in [0.15, 0.2) is 5.70 Å².